The number of para-hydroxylation sites is 7. The summed E-state index contributed by atoms with van der Waals surface area (Å²) in [6.45, 7) is 0. The van der Waals surface area contributed by atoms with Gasteiger partial charge in [-0.3, -0.25) is 0 Å². The number of hydrogen-bond donors (Lipinski definition) is 0. The first-order valence-electron chi connectivity index (χ1n) is 19.4. The van der Waals surface area contributed by atoms with Gasteiger partial charge in [-0.1, -0.05) is 152 Å². The molecule has 0 atom stereocenters. The second-order valence-electron chi connectivity index (χ2n) is 14.2. The van der Waals surface area contributed by atoms with Gasteiger partial charge in [-0.25, -0.2) is 0 Å². The van der Waals surface area contributed by atoms with Crippen LogP contribution in [0.15, 0.2) is 237 Å². The molecule has 1 heterocycles. The minimum Gasteiger partial charge on any atom is -0.311 e. The molecule has 1 aromatic heterocycles. The number of anilines is 6. The van der Waals surface area contributed by atoms with Crippen LogP contribution in [0.25, 0.3) is 49.7 Å². The fraction of sp³-hybridized carbons (Fsp3) is 0. The first-order chi connectivity index (χ1) is 28.3. The SMILES string of the molecule is c1ccc(N(c2ccccc2)c2ccc(-c3cccc4c5cccc(-c6ccc(N(c7ccccc7)c7ccccc7)cc6)c5n(-c5ccccc5)c34)cc2)cc1. The van der Waals surface area contributed by atoms with Gasteiger partial charge in [-0.05, 0) is 96.1 Å². The molecule has 0 saturated heterocycles. The largest absolute Gasteiger partial charge is 0.311 e. The van der Waals surface area contributed by atoms with E-state index in [0.717, 1.165) is 39.8 Å². The summed E-state index contributed by atoms with van der Waals surface area (Å²) in [5, 5.41) is 2.45. The van der Waals surface area contributed by atoms with Crippen molar-refractivity contribution in [2.45, 2.75) is 0 Å². The van der Waals surface area contributed by atoms with Crippen molar-refractivity contribution in [1.29, 1.82) is 0 Å². The van der Waals surface area contributed by atoms with Crippen molar-refractivity contribution in [3.8, 4) is 27.9 Å². The minimum atomic E-state index is 1.11. The minimum absolute atomic E-state index is 1.11. The van der Waals surface area contributed by atoms with Crippen molar-refractivity contribution in [2.24, 2.45) is 0 Å². The van der Waals surface area contributed by atoms with Gasteiger partial charge in [0.05, 0.1) is 11.0 Å². The van der Waals surface area contributed by atoms with Crippen molar-refractivity contribution in [3.05, 3.63) is 237 Å². The van der Waals surface area contributed by atoms with E-state index in [0.29, 0.717) is 0 Å². The lowest BCUT2D eigenvalue weighted by Crippen LogP contribution is -2.09. The number of aromatic nitrogens is 1. The van der Waals surface area contributed by atoms with E-state index in [1.807, 2.05) is 0 Å². The van der Waals surface area contributed by atoms with E-state index in [1.54, 1.807) is 0 Å². The van der Waals surface area contributed by atoms with E-state index < -0.39 is 0 Å². The van der Waals surface area contributed by atoms with Crippen molar-refractivity contribution >= 4 is 55.9 Å². The van der Waals surface area contributed by atoms with Gasteiger partial charge in [0.15, 0.2) is 0 Å². The third-order valence-corrected chi connectivity index (χ3v) is 10.8. The Labute approximate surface area is 333 Å². The number of nitrogens with zero attached hydrogens (tertiary/aromatic N) is 3. The molecule has 0 amide bonds. The van der Waals surface area contributed by atoms with E-state index in [1.165, 1.54) is 44.1 Å². The van der Waals surface area contributed by atoms with Crippen molar-refractivity contribution in [3.63, 3.8) is 0 Å². The highest BCUT2D eigenvalue weighted by Crippen LogP contribution is 2.44. The van der Waals surface area contributed by atoms with Crippen LogP contribution in [0.2, 0.25) is 0 Å². The molecule has 0 aliphatic heterocycles. The van der Waals surface area contributed by atoms with Crippen LogP contribution in [-0.2, 0) is 0 Å². The van der Waals surface area contributed by atoms with Gasteiger partial charge >= 0.3 is 0 Å². The Morgan fingerprint density at radius 3 is 0.877 bits per heavy atom. The standard InChI is InChI=1S/C54H39N3/c1-6-18-42(19-7-1)55(43-20-8-2-9-21-43)47-36-32-40(33-37-47)49-28-16-30-51-52-31-17-29-50(54(52)57(53(49)51)46-26-14-5-15-27-46)41-34-38-48(39-35-41)56(44-22-10-3-11-23-44)45-24-12-4-13-25-45/h1-39H. The molecule has 270 valence electrons. The number of benzene rings is 9. The van der Waals surface area contributed by atoms with Gasteiger partial charge in [0.25, 0.3) is 0 Å². The molecule has 0 fully saturated rings. The maximum atomic E-state index is 2.47. The Hall–Kier alpha value is -7.62. The number of fused-ring (bicyclic) bond motifs is 3. The molecule has 10 aromatic rings. The molecule has 10 rings (SSSR count). The van der Waals surface area contributed by atoms with Gasteiger partial charge in [0, 0.05) is 61.7 Å². The third-order valence-electron chi connectivity index (χ3n) is 10.8. The fourth-order valence-corrected chi connectivity index (χ4v) is 8.20. The molecule has 0 saturated carbocycles. The molecule has 9 aromatic carbocycles. The van der Waals surface area contributed by atoms with E-state index in [-0.39, 0.29) is 0 Å². The van der Waals surface area contributed by atoms with E-state index in [9.17, 15) is 0 Å². The van der Waals surface area contributed by atoms with E-state index in [4.69, 9.17) is 0 Å². The molecule has 3 heteroatoms. The van der Waals surface area contributed by atoms with Crippen LogP contribution >= 0.6 is 0 Å². The van der Waals surface area contributed by atoms with Crippen LogP contribution in [-0.4, -0.2) is 4.57 Å². The Morgan fingerprint density at radius 2 is 0.544 bits per heavy atom. The zero-order chi connectivity index (χ0) is 38.0. The Kier molecular flexibility index (Phi) is 8.86. The lowest BCUT2D eigenvalue weighted by atomic mass is 9.99. The molecule has 0 spiro atoms. The first kappa shape index (κ1) is 33.9. The van der Waals surface area contributed by atoms with Gasteiger partial charge in [-0.2, -0.15) is 0 Å². The summed E-state index contributed by atoms with van der Waals surface area (Å²) in [4.78, 5) is 4.61. The molecule has 0 radical (unpaired) electrons. The molecule has 0 unspecified atom stereocenters. The van der Waals surface area contributed by atoms with Crippen molar-refractivity contribution < 1.29 is 0 Å². The Balaban J connectivity index is 1.12. The van der Waals surface area contributed by atoms with Gasteiger partial charge in [-0.15, -0.1) is 0 Å². The Morgan fingerprint density at radius 1 is 0.246 bits per heavy atom. The highest BCUT2D eigenvalue weighted by Gasteiger charge is 2.21. The Bertz CT molecular complexity index is 2640. The van der Waals surface area contributed by atoms with Crippen LogP contribution in [0.1, 0.15) is 0 Å². The number of rotatable bonds is 9. The lowest BCUT2D eigenvalue weighted by molar-refractivity contribution is 1.18. The fourth-order valence-electron chi connectivity index (χ4n) is 8.20. The average Bonchev–Trinajstić information content (AvgIpc) is 3.64. The molecular weight excluding hydrogens is 691 g/mol. The van der Waals surface area contributed by atoms with Gasteiger partial charge in [0.1, 0.15) is 0 Å². The first-order valence-corrected chi connectivity index (χ1v) is 19.4. The second kappa shape index (κ2) is 14.9. The van der Waals surface area contributed by atoms with E-state index in [2.05, 4.69) is 251 Å². The predicted molar refractivity (Wildman–Crippen MR) is 241 cm³/mol. The maximum absolute atomic E-state index is 2.47. The molecule has 0 N–H and O–H groups in total. The van der Waals surface area contributed by atoms with Gasteiger partial charge in [0.2, 0.25) is 0 Å². The maximum Gasteiger partial charge on any atom is 0.0619 e. The number of hydrogen-bond acceptors (Lipinski definition) is 2. The normalized spacial score (nSPS) is 11.2. The zero-order valence-corrected chi connectivity index (χ0v) is 31.4. The van der Waals surface area contributed by atoms with Crippen molar-refractivity contribution in [2.75, 3.05) is 9.80 Å². The van der Waals surface area contributed by atoms with Crippen LogP contribution in [0.4, 0.5) is 34.1 Å². The predicted octanol–water partition coefficient (Wildman–Crippen LogP) is 15.1. The third kappa shape index (κ3) is 6.31. The molecule has 0 aliphatic carbocycles. The zero-order valence-electron chi connectivity index (χ0n) is 31.4. The summed E-state index contributed by atoms with van der Waals surface area (Å²) in [5.74, 6) is 0. The molecule has 3 nitrogen and oxygen atoms in total. The molecule has 57 heavy (non-hydrogen) atoms. The summed E-state index contributed by atoms with van der Waals surface area (Å²) < 4.78 is 2.47. The molecular formula is C54H39N3. The summed E-state index contributed by atoms with van der Waals surface area (Å²) in [6.07, 6.45) is 0. The van der Waals surface area contributed by atoms with Crippen LogP contribution < -0.4 is 9.80 Å². The average molecular weight is 730 g/mol. The monoisotopic (exact) mass is 729 g/mol. The van der Waals surface area contributed by atoms with Gasteiger partial charge < -0.3 is 14.4 Å². The summed E-state index contributed by atoms with van der Waals surface area (Å²) in [6, 6.07) is 84.5. The topological polar surface area (TPSA) is 11.4 Å². The highest BCUT2D eigenvalue weighted by molar-refractivity contribution is 6.17. The smallest absolute Gasteiger partial charge is 0.0619 e. The summed E-state index contributed by atoms with van der Waals surface area (Å²) >= 11 is 0. The summed E-state index contributed by atoms with van der Waals surface area (Å²) in [5.41, 5.74) is 14.9. The molecule has 0 bridgehead atoms. The molecule has 0 aliphatic rings. The van der Waals surface area contributed by atoms with Crippen LogP contribution in [0, 0.1) is 0 Å². The lowest BCUT2D eigenvalue weighted by Gasteiger charge is -2.25. The van der Waals surface area contributed by atoms with Crippen LogP contribution in [0.5, 0.6) is 0 Å². The summed E-state index contributed by atoms with van der Waals surface area (Å²) in [7, 11) is 0. The van der Waals surface area contributed by atoms with Crippen LogP contribution in [0.3, 0.4) is 0 Å². The van der Waals surface area contributed by atoms with Crippen molar-refractivity contribution in [1.82, 2.24) is 4.57 Å². The quantitative estimate of drug-likeness (QED) is 0.147. The second-order valence-corrected chi connectivity index (χ2v) is 14.2. The van der Waals surface area contributed by atoms with E-state index >= 15 is 0 Å². The highest BCUT2D eigenvalue weighted by atomic mass is 15.1.